The van der Waals surface area contributed by atoms with Crippen LogP contribution in [0.25, 0.3) is 0 Å². The third-order valence-electron chi connectivity index (χ3n) is 11.9. The second kappa shape index (κ2) is 23.0. The number of amidine groups is 4. The summed E-state index contributed by atoms with van der Waals surface area (Å²) in [4.78, 5) is 28.5. The van der Waals surface area contributed by atoms with Crippen molar-refractivity contribution in [3.8, 4) is 11.5 Å². The maximum atomic E-state index is 9.21. The first-order chi connectivity index (χ1) is 31.8. The minimum absolute atomic E-state index is 0.258. The van der Waals surface area contributed by atoms with E-state index in [1.165, 1.54) is 96.6 Å². The van der Waals surface area contributed by atoms with E-state index < -0.39 is 0 Å². The minimum Gasteiger partial charge on any atom is -0.508 e. The Balaban J connectivity index is 0.000000116. The van der Waals surface area contributed by atoms with Gasteiger partial charge in [-0.1, -0.05) is 151 Å². The van der Waals surface area contributed by atoms with E-state index in [0.29, 0.717) is 23.9 Å². The molecule has 14 heteroatoms. The van der Waals surface area contributed by atoms with E-state index in [2.05, 4.69) is 113 Å². The lowest BCUT2D eigenvalue weighted by Gasteiger charge is -2.13. The molecule has 8 aliphatic rings. The highest BCUT2D eigenvalue weighted by Crippen LogP contribution is 2.36. The van der Waals surface area contributed by atoms with Crippen LogP contribution < -0.4 is 4.74 Å². The Bertz CT molecular complexity index is 2100. The standard InChI is InChI=1S/C13H16N2OS.2C12H14N2S.C11H12N2OS.C3H8/c1-2-16-11-5-3-10(4-6-11)12-9-15-7-8-17-13(15)14-12;2*1-9-2-4-10(5-3-9)11-8-14-6-7-15-12(14)13-11;14-9-3-1-8(2-4-9)10-7-13-5-6-15-11(13)12-10;1-3-2/h3-6,12H,2,7-9H2,1H3;2*2-5,11H,6-8H2,1H3;1-4,10,14H,5-7H2;3H2,1-2H3/t12-;11-;;10-;/m11.1./s1. The molecule has 344 valence electrons. The first-order valence-electron chi connectivity index (χ1n) is 23.2. The van der Waals surface area contributed by atoms with Crippen LogP contribution in [-0.4, -0.2) is 127 Å². The van der Waals surface area contributed by atoms with Crippen molar-refractivity contribution in [2.75, 3.05) is 82.0 Å². The van der Waals surface area contributed by atoms with Crippen LogP contribution in [0.1, 0.15) is 84.7 Å². The average Bonchev–Trinajstić information content (AvgIpc) is 4.16. The summed E-state index contributed by atoms with van der Waals surface area (Å²) in [7, 11) is 0. The van der Waals surface area contributed by atoms with Crippen molar-refractivity contribution in [1.29, 1.82) is 0 Å². The van der Waals surface area contributed by atoms with Crippen molar-refractivity contribution in [3.63, 3.8) is 0 Å². The Morgan fingerprint density at radius 1 is 0.462 bits per heavy atom. The van der Waals surface area contributed by atoms with Gasteiger partial charge in [-0.15, -0.1) is 0 Å². The molecule has 65 heavy (non-hydrogen) atoms. The van der Waals surface area contributed by atoms with E-state index in [0.717, 1.165) is 51.6 Å². The van der Waals surface area contributed by atoms with Crippen LogP contribution in [0.15, 0.2) is 117 Å². The number of benzene rings is 4. The Morgan fingerprint density at radius 3 is 1.02 bits per heavy atom. The maximum absolute atomic E-state index is 9.21. The van der Waals surface area contributed by atoms with E-state index in [-0.39, 0.29) is 6.04 Å². The summed E-state index contributed by atoms with van der Waals surface area (Å²) in [5.74, 6) is 6.03. The molecule has 0 aromatic heterocycles. The summed E-state index contributed by atoms with van der Waals surface area (Å²) in [6.07, 6.45) is 1.25. The largest absolute Gasteiger partial charge is 0.508 e. The van der Waals surface area contributed by atoms with Crippen LogP contribution >= 0.6 is 47.0 Å². The van der Waals surface area contributed by atoms with Gasteiger partial charge in [-0.05, 0) is 67.3 Å². The van der Waals surface area contributed by atoms with Gasteiger partial charge in [0.2, 0.25) is 0 Å². The summed E-state index contributed by atoms with van der Waals surface area (Å²) >= 11 is 7.50. The molecule has 1 N–H and O–H groups in total. The highest BCUT2D eigenvalue weighted by Gasteiger charge is 2.33. The van der Waals surface area contributed by atoms with E-state index in [4.69, 9.17) is 19.7 Å². The number of fused-ring (bicyclic) bond motifs is 4. The molecule has 0 bridgehead atoms. The Morgan fingerprint density at radius 2 is 0.738 bits per heavy atom. The second-order valence-corrected chi connectivity index (χ2v) is 21.3. The summed E-state index contributed by atoms with van der Waals surface area (Å²) in [6, 6.07) is 34.5. The number of aromatic hydroxyl groups is 1. The van der Waals surface area contributed by atoms with E-state index in [9.17, 15) is 5.11 Å². The molecule has 0 spiro atoms. The number of rotatable bonds is 6. The number of phenols is 1. The fraction of sp³-hybridized carbons (Fsp3) is 0.451. The average molecular weight is 949 g/mol. The van der Waals surface area contributed by atoms with Crippen molar-refractivity contribution in [3.05, 3.63) is 130 Å². The normalized spacial score (nSPS) is 22.9. The number of phenolic OH excluding ortho intramolecular Hbond substituents is 1. The predicted molar refractivity (Wildman–Crippen MR) is 281 cm³/mol. The summed E-state index contributed by atoms with van der Waals surface area (Å²) in [5.41, 5.74) is 7.82. The predicted octanol–water partition coefficient (Wildman–Crippen LogP) is 10.7. The van der Waals surface area contributed by atoms with Gasteiger partial charge in [0.15, 0.2) is 20.7 Å². The zero-order valence-corrected chi connectivity index (χ0v) is 41.8. The van der Waals surface area contributed by atoms with Gasteiger partial charge < -0.3 is 29.4 Å². The molecule has 4 fully saturated rings. The highest BCUT2D eigenvalue weighted by molar-refractivity contribution is 8.14. The van der Waals surface area contributed by atoms with Crippen LogP contribution in [0.4, 0.5) is 0 Å². The third kappa shape index (κ3) is 12.4. The Hall–Kier alpha value is -4.24. The van der Waals surface area contributed by atoms with Gasteiger partial charge in [0.05, 0.1) is 30.8 Å². The zero-order chi connectivity index (χ0) is 45.1. The molecular formula is C51H64N8O2S4. The number of hydrogen-bond acceptors (Lipinski definition) is 14. The van der Waals surface area contributed by atoms with Gasteiger partial charge in [-0.3, -0.25) is 20.0 Å². The number of nitrogens with zero attached hydrogens (tertiary/aromatic N) is 8. The maximum Gasteiger partial charge on any atom is 0.160 e. The van der Waals surface area contributed by atoms with Crippen molar-refractivity contribution in [2.24, 2.45) is 20.0 Å². The van der Waals surface area contributed by atoms with Gasteiger partial charge in [0, 0.05) is 75.4 Å². The van der Waals surface area contributed by atoms with E-state index >= 15 is 0 Å². The minimum atomic E-state index is 0.258. The zero-order valence-electron chi connectivity index (χ0n) is 38.5. The van der Waals surface area contributed by atoms with Crippen LogP contribution in [-0.2, 0) is 0 Å². The molecule has 12 rings (SSSR count). The molecule has 10 nitrogen and oxygen atoms in total. The lowest BCUT2D eigenvalue weighted by Crippen LogP contribution is -2.21. The summed E-state index contributed by atoms with van der Waals surface area (Å²) in [5, 5.41) is 14.1. The van der Waals surface area contributed by atoms with Gasteiger partial charge in [-0.2, -0.15) is 0 Å². The lowest BCUT2D eigenvalue weighted by molar-refractivity contribution is 0.340. The fourth-order valence-corrected chi connectivity index (χ4v) is 12.5. The Kier molecular flexibility index (Phi) is 16.7. The molecule has 1 unspecified atom stereocenters. The first-order valence-corrected chi connectivity index (χ1v) is 27.2. The fourth-order valence-electron chi connectivity index (χ4n) is 8.37. The molecule has 4 saturated heterocycles. The van der Waals surface area contributed by atoms with Crippen LogP contribution in [0.5, 0.6) is 11.5 Å². The van der Waals surface area contributed by atoms with E-state index in [1.54, 1.807) is 12.1 Å². The summed E-state index contributed by atoms with van der Waals surface area (Å²) in [6.45, 7) is 20.0. The first kappa shape index (κ1) is 47.3. The van der Waals surface area contributed by atoms with Crippen molar-refractivity contribution < 1.29 is 9.84 Å². The van der Waals surface area contributed by atoms with Gasteiger partial charge in [0.1, 0.15) is 11.5 Å². The highest BCUT2D eigenvalue weighted by atomic mass is 32.2. The van der Waals surface area contributed by atoms with Crippen LogP contribution in [0.2, 0.25) is 0 Å². The molecule has 8 heterocycles. The number of aliphatic imine (C=N–C) groups is 4. The van der Waals surface area contributed by atoms with E-state index in [1.807, 2.05) is 78.2 Å². The van der Waals surface area contributed by atoms with Crippen molar-refractivity contribution >= 4 is 67.7 Å². The number of aryl methyl sites for hydroxylation is 2. The molecule has 4 aromatic rings. The quantitative estimate of drug-likeness (QED) is 0.201. The van der Waals surface area contributed by atoms with Gasteiger partial charge in [0.25, 0.3) is 0 Å². The van der Waals surface area contributed by atoms with Crippen LogP contribution in [0.3, 0.4) is 0 Å². The SMILES string of the molecule is CCC.CCOc1ccc([C@H]2CN3CCSC3=N2)cc1.Cc1ccc(C2CN3CCSC3=N2)cc1.Cc1ccc([C@H]2CN3CCSC3=N2)cc1.Oc1ccc([C@H]2CN3CCSC3=N2)cc1. The number of ether oxygens (including phenoxy) is 1. The number of thioether (sulfide) groups is 4. The van der Waals surface area contributed by atoms with Crippen molar-refractivity contribution in [1.82, 2.24) is 19.6 Å². The third-order valence-corrected chi connectivity index (χ3v) is 15.9. The number of hydrogen-bond donors (Lipinski definition) is 1. The molecule has 4 atom stereocenters. The van der Waals surface area contributed by atoms with Crippen LogP contribution in [0, 0.1) is 13.8 Å². The van der Waals surface area contributed by atoms with Crippen molar-refractivity contribution in [2.45, 2.75) is 65.2 Å². The smallest absolute Gasteiger partial charge is 0.160 e. The monoisotopic (exact) mass is 948 g/mol. The molecule has 0 saturated carbocycles. The van der Waals surface area contributed by atoms with Gasteiger partial charge >= 0.3 is 0 Å². The second-order valence-electron chi connectivity index (χ2n) is 17.0. The molecule has 8 aliphatic heterocycles. The molecule has 4 aromatic carbocycles. The summed E-state index contributed by atoms with van der Waals surface area (Å²) < 4.78 is 5.45. The topological polar surface area (TPSA) is 91.9 Å². The molecule has 0 amide bonds. The van der Waals surface area contributed by atoms with Gasteiger partial charge in [-0.25, -0.2) is 0 Å². The lowest BCUT2D eigenvalue weighted by atomic mass is 10.1. The Labute approximate surface area is 403 Å². The molecular weight excluding hydrogens is 885 g/mol. The molecule has 0 radical (unpaired) electrons. The molecule has 0 aliphatic carbocycles.